The summed E-state index contributed by atoms with van der Waals surface area (Å²) in [6.07, 6.45) is 2.58. The zero-order chi connectivity index (χ0) is 13.8. The molecule has 0 aliphatic rings. The topological polar surface area (TPSA) is 38.9 Å². The molecule has 1 heterocycles. The molecule has 0 aliphatic heterocycles. The summed E-state index contributed by atoms with van der Waals surface area (Å²) < 4.78 is 0.974. The van der Waals surface area contributed by atoms with Crippen LogP contribution in [0.3, 0.4) is 0 Å². The Morgan fingerprint density at radius 2 is 2.16 bits per heavy atom. The van der Waals surface area contributed by atoms with Gasteiger partial charge in [-0.15, -0.1) is 0 Å². The number of nitrogens with zero attached hydrogens (tertiary/aromatic N) is 1. The Morgan fingerprint density at radius 1 is 1.37 bits per heavy atom. The van der Waals surface area contributed by atoms with Crippen molar-refractivity contribution in [3.05, 3.63) is 51.6 Å². The van der Waals surface area contributed by atoms with E-state index in [1.54, 1.807) is 18.0 Å². The zero-order valence-corrected chi connectivity index (χ0v) is 13.6. The van der Waals surface area contributed by atoms with Crippen molar-refractivity contribution in [2.24, 2.45) is 5.73 Å². The van der Waals surface area contributed by atoms with Crippen LogP contribution in [0, 0.1) is 0 Å². The van der Waals surface area contributed by atoms with Crippen molar-refractivity contribution in [2.45, 2.75) is 29.3 Å². The lowest BCUT2D eigenvalue weighted by atomic mass is 10.1. The van der Waals surface area contributed by atoms with Crippen LogP contribution >= 0.6 is 39.3 Å². The van der Waals surface area contributed by atoms with Crippen molar-refractivity contribution in [3.8, 4) is 0 Å². The third-order valence-electron chi connectivity index (χ3n) is 2.49. The average molecular weight is 358 g/mol. The Morgan fingerprint density at radius 3 is 2.74 bits per heavy atom. The van der Waals surface area contributed by atoms with Crippen LogP contribution in [0.15, 0.2) is 50.9 Å². The number of aromatic nitrogens is 1. The second-order valence-electron chi connectivity index (χ2n) is 4.35. The molecule has 0 amide bonds. The van der Waals surface area contributed by atoms with E-state index in [1.165, 1.54) is 0 Å². The average Bonchev–Trinajstić information content (AvgIpc) is 2.35. The van der Waals surface area contributed by atoms with Crippen molar-refractivity contribution >= 4 is 39.3 Å². The quantitative estimate of drug-likeness (QED) is 0.873. The summed E-state index contributed by atoms with van der Waals surface area (Å²) >= 11 is 11.2. The number of hydrogen-bond donors (Lipinski definition) is 1. The molecule has 2 nitrogen and oxygen atoms in total. The van der Waals surface area contributed by atoms with Gasteiger partial charge in [0.1, 0.15) is 5.03 Å². The summed E-state index contributed by atoms with van der Waals surface area (Å²) in [7, 11) is 0. The summed E-state index contributed by atoms with van der Waals surface area (Å²) in [6, 6.07) is 10.1. The predicted octanol–water partition coefficient (Wildman–Crippen LogP) is 4.54. The highest BCUT2D eigenvalue weighted by Crippen LogP contribution is 2.30. The van der Waals surface area contributed by atoms with Gasteiger partial charge in [0.05, 0.1) is 0 Å². The third-order valence-corrected chi connectivity index (χ3v) is 4.25. The lowest BCUT2D eigenvalue weighted by Gasteiger charge is -2.09. The first-order chi connectivity index (χ1) is 9.04. The second kappa shape index (κ2) is 6.75. The largest absolute Gasteiger partial charge is 0.328 e. The predicted molar refractivity (Wildman–Crippen MR) is 84.9 cm³/mol. The van der Waals surface area contributed by atoms with E-state index in [0.29, 0.717) is 0 Å². The Labute approximate surface area is 130 Å². The first-order valence-electron chi connectivity index (χ1n) is 5.88. The minimum absolute atomic E-state index is 0.115. The van der Waals surface area contributed by atoms with Gasteiger partial charge < -0.3 is 5.73 Å². The molecule has 0 radical (unpaired) electrons. The van der Waals surface area contributed by atoms with Gasteiger partial charge in [-0.05, 0) is 59.1 Å². The van der Waals surface area contributed by atoms with E-state index in [1.807, 2.05) is 31.2 Å². The summed E-state index contributed by atoms with van der Waals surface area (Å²) in [5.74, 6) is 0. The maximum atomic E-state index is 6.27. The Bertz CT molecular complexity index is 558. The van der Waals surface area contributed by atoms with Crippen molar-refractivity contribution in [1.29, 1.82) is 0 Å². The molecule has 1 atom stereocenters. The molecular weight excluding hydrogens is 344 g/mol. The number of pyridine rings is 1. The first kappa shape index (κ1) is 14.9. The molecule has 1 unspecified atom stereocenters. The lowest BCUT2D eigenvalue weighted by molar-refractivity contribution is 0.738. The van der Waals surface area contributed by atoms with Crippen molar-refractivity contribution in [2.75, 3.05) is 0 Å². The molecule has 1 aromatic carbocycles. The Kier molecular flexibility index (Phi) is 5.28. The van der Waals surface area contributed by atoms with Crippen molar-refractivity contribution in [1.82, 2.24) is 4.98 Å². The first-order valence-corrected chi connectivity index (χ1v) is 7.87. The normalized spacial score (nSPS) is 12.4. The van der Waals surface area contributed by atoms with Gasteiger partial charge >= 0.3 is 0 Å². The summed E-state index contributed by atoms with van der Waals surface area (Å²) in [5.41, 5.74) is 6.88. The van der Waals surface area contributed by atoms with Gasteiger partial charge in [0.2, 0.25) is 0 Å². The van der Waals surface area contributed by atoms with Crippen molar-refractivity contribution < 1.29 is 0 Å². The van der Waals surface area contributed by atoms with Crippen LogP contribution in [0.5, 0.6) is 0 Å². The molecule has 100 valence electrons. The standard InChI is InChI=1S/C14H14BrClN2S/c1-9(17)6-10-2-4-12(7-13(10)16)19-14-5-3-11(15)8-18-14/h2-5,7-9H,6,17H2,1H3. The smallest absolute Gasteiger partial charge is 0.101 e. The van der Waals surface area contributed by atoms with Gasteiger partial charge in [-0.2, -0.15) is 0 Å². The van der Waals surface area contributed by atoms with E-state index in [4.69, 9.17) is 17.3 Å². The Hall–Kier alpha value is -0.550. The van der Waals surface area contributed by atoms with Crippen LogP contribution in [0.25, 0.3) is 0 Å². The maximum absolute atomic E-state index is 6.27. The zero-order valence-electron chi connectivity index (χ0n) is 10.4. The van der Waals surface area contributed by atoms with E-state index in [2.05, 4.69) is 27.0 Å². The van der Waals surface area contributed by atoms with E-state index >= 15 is 0 Å². The molecule has 0 saturated heterocycles. The van der Waals surface area contributed by atoms with Crippen LogP contribution in [0.2, 0.25) is 5.02 Å². The molecule has 2 aromatic rings. The molecule has 0 spiro atoms. The van der Waals surface area contributed by atoms with Gasteiger partial charge in [0, 0.05) is 26.6 Å². The lowest BCUT2D eigenvalue weighted by Crippen LogP contribution is -2.17. The maximum Gasteiger partial charge on any atom is 0.101 e. The fourth-order valence-electron chi connectivity index (χ4n) is 1.65. The Balaban J connectivity index is 2.13. The second-order valence-corrected chi connectivity index (χ2v) is 6.77. The summed E-state index contributed by atoms with van der Waals surface area (Å²) in [5, 5.41) is 1.71. The van der Waals surface area contributed by atoms with E-state index in [0.717, 1.165) is 31.4 Å². The molecule has 0 bridgehead atoms. The number of benzene rings is 1. The highest BCUT2D eigenvalue weighted by Gasteiger charge is 2.06. The van der Waals surface area contributed by atoms with Crippen molar-refractivity contribution in [3.63, 3.8) is 0 Å². The third kappa shape index (κ3) is 4.49. The van der Waals surface area contributed by atoms with Crippen LogP contribution in [0.1, 0.15) is 12.5 Å². The van der Waals surface area contributed by atoms with E-state index in [-0.39, 0.29) is 6.04 Å². The van der Waals surface area contributed by atoms with Gasteiger partial charge in [-0.1, -0.05) is 29.4 Å². The van der Waals surface area contributed by atoms with Gasteiger partial charge in [-0.3, -0.25) is 0 Å². The highest BCUT2D eigenvalue weighted by atomic mass is 79.9. The number of halogens is 2. The molecule has 5 heteroatoms. The minimum Gasteiger partial charge on any atom is -0.328 e. The van der Waals surface area contributed by atoms with Crippen LogP contribution in [0.4, 0.5) is 0 Å². The summed E-state index contributed by atoms with van der Waals surface area (Å²) in [4.78, 5) is 5.40. The van der Waals surface area contributed by atoms with Gasteiger partial charge in [0.15, 0.2) is 0 Å². The molecule has 0 saturated carbocycles. The molecule has 0 aliphatic carbocycles. The number of hydrogen-bond acceptors (Lipinski definition) is 3. The molecule has 19 heavy (non-hydrogen) atoms. The van der Waals surface area contributed by atoms with E-state index in [9.17, 15) is 0 Å². The summed E-state index contributed by atoms with van der Waals surface area (Å²) in [6.45, 7) is 1.98. The molecule has 2 rings (SSSR count). The molecule has 2 N–H and O–H groups in total. The molecule has 0 fully saturated rings. The monoisotopic (exact) mass is 356 g/mol. The minimum atomic E-state index is 0.115. The van der Waals surface area contributed by atoms with Gasteiger partial charge in [-0.25, -0.2) is 4.98 Å². The van der Waals surface area contributed by atoms with Crippen LogP contribution in [-0.2, 0) is 6.42 Å². The fraction of sp³-hybridized carbons (Fsp3) is 0.214. The van der Waals surface area contributed by atoms with Gasteiger partial charge in [0.25, 0.3) is 0 Å². The fourth-order valence-corrected chi connectivity index (χ4v) is 3.00. The number of nitrogens with two attached hydrogens (primary N) is 1. The molecular formula is C14H14BrClN2S. The number of rotatable bonds is 4. The van der Waals surface area contributed by atoms with Crippen LogP contribution in [-0.4, -0.2) is 11.0 Å². The van der Waals surface area contributed by atoms with Crippen LogP contribution < -0.4 is 5.73 Å². The SMILES string of the molecule is CC(N)Cc1ccc(Sc2ccc(Br)cn2)cc1Cl. The van der Waals surface area contributed by atoms with E-state index < -0.39 is 0 Å². The molecule has 1 aromatic heterocycles. The highest BCUT2D eigenvalue weighted by molar-refractivity contribution is 9.10.